The zero-order valence-corrected chi connectivity index (χ0v) is 60.8. The molecule has 7 N–H and O–H groups in total. The Labute approximate surface area is 554 Å². The van der Waals surface area contributed by atoms with Crippen LogP contribution < -0.4 is 21.3 Å². The number of allylic oxidation sites excluding steroid dienone is 2. The van der Waals surface area contributed by atoms with Crippen LogP contribution in [0, 0.1) is 35.5 Å². The number of thioether (sulfide) groups is 1. The number of rotatable bonds is 20. The van der Waals surface area contributed by atoms with Crippen molar-refractivity contribution >= 4 is 76.7 Å². The highest BCUT2D eigenvalue weighted by Gasteiger charge is 2.47. The van der Waals surface area contributed by atoms with E-state index >= 15 is 28.8 Å². The van der Waals surface area contributed by atoms with Gasteiger partial charge in [-0.3, -0.25) is 52.7 Å². The van der Waals surface area contributed by atoms with Crippen molar-refractivity contribution in [2.24, 2.45) is 35.5 Å². The van der Waals surface area contributed by atoms with Crippen LogP contribution >= 0.6 is 11.8 Å². The largest absolute Gasteiger partial charge is 0.396 e. The number of aliphatic hydroxyl groups is 3. The Morgan fingerprint density at radius 1 is 0.511 bits per heavy atom. The van der Waals surface area contributed by atoms with Gasteiger partial charge < -0.3 is 70.9 Å². The minimum atomic E-state index is -1.67. The summed E-state index contributed by atoms with van der Waals surface area (Å²) in [7, 11) is 9.72. The van der Waals surface area contributed by atoms with E-state index in [9.17, 15) is 39.3 Å². The van der Waals surface area contributed by atoms with Crippen molar-refractivity contribution in [3.8, 4) is 0 Å². The summed E-state index contributed by atoms with van der Waals surface area (Å²) in [5, 5.41) is 44.2. The monoisotopic (exact) mass is 1320 g/mol. The number of aliphatic hydroxyl groups excluding tert-OH is 2. The molecule has 1 heterocycles. The van der Waals surface area contributed by atoms with Gasteiger partial charge in [-0.05, 0) is 114 Å². The normalized spacial score (nSPS) is 26.7. The molecule has 0 saturated carbocycles. The molecule has 0 radical (unpaired) electrons. The molecule has 26 heteroatoms. The molecule has 0 aromatic heterocycles. The fourth-order valence-corrected chi connectivity index (χ4v) is 12.4. The molecular formula is C66H119N11O14S. The minimum absolute atomic E-state index is 0.0508. The second-order valence-electron chi connectivity index (χ2n) is 27.8. The van der Waals surface area contributed by atoms with E-state index in [-0.39, 0.29) is 68.6 Å². The average Bonchev–Trinajstić information content (AvgIpc) is 0.865. The molecule has 0 aromatic rings. The lowest BCUT2D eigenvalue weighted by atomic mass is 9.91. The van der Waals surface area contributed by atoms with Crippen LogP contribution in [0.5, 0.6) is 0 Å². The van der Waals surface area contributed by atoms with Gasteiger partial charge in [-0.1, -0.05) is 95.2 Å². The van der Waals surface area contributed by atoms with E-state index in [0.29, 0.717) is 12.2 Å². The van der Waals surface area contributed by atoms with Crippen molar-refractivity contribution in [1.82, 2.24) is 55.6 Å². The summed E-state index contributed by atoms with van der Waals surface area (Å²) >= 11 is 1.24. The summed E-state index contributed by atoms with van der Waals surface area (Å²) in [6, 6.07) is -14.6. The summed E-state index contributed by atoms with van der Waals surface area (Å²) < 4.78 is 0. The van der Waals surface area contributed by atoms with Crippen LogP contribution in [0.2, 0.25) is 0 Å². The Kier molecular flexibility index (Phi) is 35.2. The second-order valence-corrected chi connectivity index (χ2v) is 29.0. The maximum Gasteiger partial charge on any atom is 0.246 e. The molecular weight excluding hydrogens is 1200 g/mol. The predicted molar refractivity (Wildman–Crippen MR) is 358 cm³/mol. The smallest absolute Gasteiger partial charge is 0.246 e. The number of likely N-dealkylation sites (N-methyl/N-ethyl adjacent to an activating group) is 7. The number of hydrogen-bond donors (Lipinski definition) is 7. The topological polar surface area (TPSA) is 319 Å². The van der Waals surface area contributed by atoms with Crippen molar-refractivity contribution in [1.29, 1.82) is 0 Å². The van der Waals surface area contributed by atoms with Gasteiger partial charge in [0.1, 0.15) is 66.5 Å². The van der Waals surface area contributed by atoms with Gasteiger partial charge >= 0.3 is 0 Å². The molecule has 0 aliphatic carbocycles. The first-order valence-electron chi connectivity index (χ1n) is 32.8. The second kappa shape index (κ2) is 38.5. The third-order valence-corrected chi connectivity index (χ3v) is 18.2. The lowest BCUT2D eigenvalue weighted by Crippen LogP contribution is -2.64. The van der Waals surface area contributed by atoms with Crippen LogP contribution in [-0.2, 0) is 52.7 Å². The van der Waals surface area contributed by atoms with Crippen LogP contribution in [0.4, 0.5) is 0 Å². The van der Waals surface area contributed by atoms with E-state index in [0.717, 1.165) is 14.7 Å². The van der Waals surface area contributed by atoms with Crippen molar-refractivity contribution in [2.45, 2.75) is 241 Å². The molecule has 11 amide bonds. The van der Waals surface area contributed by atoms with Crippen LogP contribution in [0.25, 0.3) is 0 Å². The molecule has 0 unspecified atom stereocenters. The Bertz CT molecular complexity index is 2510. The number of carbonyl (C=O) groups excluding carboxylic acids is 11. The summed E-state index contributed by atoms with van der Waals surface area (Å²) in [6.45, 7) is 28.6. The maximum absolute atomic E-state index is 15.3. The Balaban J connectivity index is 4.55. The molecule has 528 valence electrons. The van der Waals surface area contributed by atoms with Gasteiger partial charge in [0, 0.05) is 68.1 Å². The fourth-order valence-electron chi connectivity index (χ4n) is 11.3. The number of nitrogens with one attached hydrogen (secondary N) is 4. The quantitative estimate of drug-likeness (QED) is 0.0681. The number of carbonyl (C=O) groups is 11. The zero-order chi connectivity index (χ0) is 71.3. The molecule has 0 bridgehead atoms. The number of nitrogens with zero attached hydrogens (tertiary/aromatic N) is 7. The highest BCUT2D eigenvalue weighted by molar-refractivity contribution is 7.99. The van der Waals surface area contributed by atoms with Crippen LogP contribution in [0.1, 0.15) is 163 Å². The van der Waals surface area contributed by atoms with E-state index in [1.165, 1.54) is 108 Å². The van der Waals surface area contributed by atoms with Crippen LogP contribution in [0.3, 0.4) is 0 Å². The Hall–Kier alpha value is -5.86. The number of amides is 11. The summed E-state index contributed by atoms with van der Waals surface area (Å²) in [6.07, 6.45) is 2.57. The van der Waals surface area contributed by atoms with Gasteiger partial charge in [0.2, 0.25) is 65.0 Å². The minimum Gasteiger partial charge on any atom is -0.396 e. The standard InChI is InChI=1S/C66H119N11O14S/c1-25-27-29-42(13)54(79)53-58(83)69-45(26-2)60(85)75(22)50(36-92-31-28-30-78)63(88)74(21)49(35-66(16,17)91)57(82)70-51(40(9)10)64(89)71(18)46(32-37(3)4)56(81)67-43(14)55(80)68-44(15)59(84)72(19)47(33-38(5)6)61(86)73(20)48(34-39(7)8)62(87)76(23)52(41(11)12)65(90)77(53)24/h25,27,37-54,78-79,91H,26,28-36H2,1-24H3,(H,67,81)(H,68,80)(H,69,83)(H,70,82)/b27-25+/t42-,43+,44-,45+,46+,47+,48+,49+,50+,51+,52+,53+,54-/m1/s1. The summed E-state index contributed by atoms with van der Waals surface area (Å²) in [4.78, 5) is 172. The number of hydrogen-bond acceptors (Lipinski definition) is 15. The highest BCUT2D eigenvalue weighted by Crippen LogP contribution is 2.27. The molecule has 1 rings (SSSR count). The molecule has 1 fully saturated rings. The first-order chi connectivity index (χ1) is 42.5. The molecule has 25 nitrogen and oxygen atoms in total. The lowest BCUT2D eigenvalue weighted by Gasteiger charge is -2.41. The summed E-state index contributed by atoms with van der Waals surface area (Å²) in [5.41, 5.74) is -1.60. The van der Waals surface area contributed by atoms with E-state index in [1.807, 2.05) is 41.5 Å². The van der Waals surface area contributed by atoms with Gasteiger partial charge in [0.05, 0.1) is 11.7 Å². The van der Waals surface area contributed by atoms with Gasteiger partial charge in [-0.25, -0.2) is 0 Å². The van der Waals surface area contributed by atoms with Crippen LogP contribution in [-0.4, -0.2) is 260 Å². The van der Waals surface area contributed by atoms with Crippen LogP contribution in [0.15, 0.2) is 12.2 Å². The van der Waals surface area contributed by atoms with Gasteiger partial charge in [0.25, 0.3) is 0 Å². The third-order valence-electron chi connectivity index (χ3n) is 17.1. The third kappa shape index (κ3) is 24.2. The van der Waals surface area contributed by atoms with E-state index in [2.05, 4.69) is 21.3 Å². The molecule has 0 aromatic carbocycles. The Morgan fingerprint density at radius 3 is 1.41 bits per heavy atom. The first kappa shape index (κ1) is 84.2. The first-order valence-corrected chi connectivity index (χ1v) is 33.9. The lowest BCUT2D eigenvalue weighted by molar-refractivity contribution is -0.157. The van der Waals surface area contributed by atoms with E-state index < -0.39 is 161 Å². The highest BCUT2D eigenvalue weighted by atomic mass is 32.2. The zero-order valence-electron chi connectivity index (χ0n) is 60.0. The molecule has 13 atom stereocenters. The van der Waals surface area contributed by atoms with E-state index in [4.69, 9.17) is 0 Å². The van der Waals surface area contributed by atoms with Crippen molar-refractivity contribution in [2.75, 3.05) is 67.4 Å². The fraction of sp³-hybridized carbons (Fsp3) is 0.803. The predicted octanol–water partition coefficient (Wildman–Crippen LogP) is 2.87. The van der Waals surface area contributed by atoms with Gasteiger partial charge in [-0.15, -0.1) is 0 Å². The molecule has 1 saturated heterocycles. The molecule has 1 aliphatic rings. The molecule has 92 heavy (non-hydrogen) atoms. The Morgan fingerprint density at radius 2 is 0.946 bits per heavy atom. The van der Waals surface area contributed by atoms with Gasteiger partial charge in [0.15, 0.2) is 0 Å². The van der Waals surface area contributed by atoms with Crippen molar-refractivity contribution in [3.05, 3.63) is 12.2 Å². The maximum atomic E-state index is 15.3. The molecule has 1 aliphatic heterocycles. The van der Waals surface area contributed by atoms with E-state index in [1.54, 1.807) is 60.6 Å². The molecule has 0 spiro atoms. The average molecular weight is 1320 g/mol. The van der Waals surface area contributed by atoms with Crippen molar-refractivity contribution < 1.29 is 68.1 Å². The summed E-state index contributed by atoms with van der Waals surface area (Å²) in [5.74, 6) is -10.3. The van der Waals surface area contributed by atoms with Gasteiger partial charge in [-0.2, -0.15) is 11.8 Å². The SMILES string of the molecule is C/C=C/C[C@@H](C)[C@@H](O)[C@H]1C(=O)N[C@@H](CC)C(=O)N(C)[C@@H](CSCCCO)C(=O)N(C)[C@@H](CC(C)(C)O)C(=O)N[C@@H](C(C)C)C(=O)N(C)[C@@H](CC(C)C)C(=O)N[C@@H](C)C(=O)N[C@H](C)C(=O)N(C)[C@@H](CC(C)C)C(=O)N(C)[C@@H](CC(C)C)C(=O)N(C)[C@@H](C(C)C)C(=O)N1C. The van der Waals surface area contributed by atoms with Crippen molar-refractivity contribution in [3.63, 3.8) is 0 Å².